The van der Waals surface area contributed by atoms with Gasteiger partial charge in [-0.25, -0.2) is 4.79 Å². The summed E-state index contributed by atoms with van der Waals surface area (Å²) in [5, 5.41) is 11.2. The molecule has 4 nitrogen and oxygen atoms in total. The van der Waals surface area contributed by atoms with E-state index < -0.39 is 23.1 Å². The van der Waals surface area contributed by atoms with Crippen molar-refractivity contribution in [1.82, 2.24) is 0 Å². The lowest BCUT2D eigenvalue weighted by molar-refractivity contribution is -0.168. The van der Waals surface area contributed by atoms with E-state index >= 15 is 0 Å². The molecule has 1 N–H and O–H groups in total. The molecule has 0 aromatic heterocycles. The number of aliphatic hydroxyl groups excluding tert-OH is 1. The molecule has 172 valence electrons. The molecule has 0 amide bonds. The van der Waals surface area contributed by atoms with Crippen molar-refractivity contribution in [3.05, 3.63) is 119 Å². The molecule has 34 heavy (non-hydrogen) atoms. The van der Waals surface area contributed by atoms with Crippen molar-refractivity contribution >= 4 is 23.4 Å². The summed E-state index contributed by atoms with van der Waals surface area (Å²) in [5.74, 6) is -1.73. The monoisotopic (exact) mass is 452 g/mol. The second-order valence-electron chi connectivity index (χ2n) is 8.51. The molecule has 1 aliphatic heterocycles. The zero-order chi connectivity index (χ0) is 24.0. The SMILES string of the molecule is CCCC1(CCc2ccccc2)OC(=O)C(/C(=C/c2ccccc2)c2ccccc2)=C(O)C1=O. The summed E-state index contributed by atoms with van der Waals surface area (Å²) < 4.78 is 5.92. The highest BCUT2D eigenvalue weighted by Crippen LogP contribution is 2.39. The van der Waals surface area contributed by atoms with Crippen LogP contribution in [0.4, 0.5) is 0 Å². The molecule has 0 saturated heterocycles. The standard InChI is InChI=1S/C30H28O4/c1-2-19-30(20-18-22-12-6-3-7-13-22)28(32)27(31)26(29(33)34-30)25(24-16-10-5-11-17-24)21-23-14-8-4-9-15-23/h3-17,21,31H,2,18-20H2,1H3/b25-21+. The Morgan fingerprint density at radius 2 is 1.44 bits per heavy atom. The number of esters is 1. The number of carbonyl (C=O) groups is 2. The molecule has 0 saturated carbocycles. The van der Waals surface area contributed by atoms with Gasteiger partial charge in [0.05, 0.1) is 0 Å². The highest BCUT2D eigenvalue weighted by atomic mass is 16.6. The maximum absolute atomic E-state index is 13.6. The fourth-order valence-electron chi connectivity index (χ4n) is 4.42. The number of carbonyl (C=O) groups excluding carboxylic acids is 2. The summed E-state index contributed by atoms with van der Waals surface area (Å²) in [6.45, 7) is 1.94. The minimum absolute atomic E-state index is 0.0912. The number of hydrogen-bond donors (Lipinski definition) is 1. The summed E-state index contributed by atoms with van der Waals surface area (Å²) in [7, 11) is 0. The highest BCUT2D eigenvalue weighted by Gasteiger charge is 2.49. The van der Waals surface area contributed by atoms with Crippen molar-refractivity contribution in [2.75, 3.05) is 0 Å². The molecule has 1 unspecified atom stereocenters. The summed E-state index contributed by atoms with van der Waals surface area (Å²) in [6.07, 6.45) is 3.67. The van der Waals surface area contributed by atoms with Crippen LogP contribution in [0.2, 0.25) is 0 Å². The third-order valence-electron chi connectivity index (χ3n) is 6.14. The van der Waals surface area contributed by atoms with E-state index in [-0.39, 0.29) is 5.57 Å². The first kappa shape index (κ1) is 23.2. The van der Waals surface area contributed by atoms with Gasteiger partial charge in [-0.15, -0.1) is 0 Å². The van der Waals surface area contributed by atoms with E-state index in [9.17, 15) is 14.7 Å². The average molecular weight is 453 g/mol. The van der Waals surface area contributed by atoms with Crippen molar-refractivity contribution in [2.24, 2.45) is 0 Å². The first-order valence-electron chi connectivity index (χ1n) is 11.6. The van der Waals surface area contributed by atoms with Gasteiger partial charge in [0.15, 0.2) is 11.4 Å². The molecule has 1 heterocycles. The lowest BCUT2D eigenvalue weighted by Gasteiger charge is -2.36. The quantitative estimate of drug-likeness (QED) is 0.320. The molecule has 3 aromatic rings. The Hall–Kier alpha value is -3.92. The minimum Gasteiger partial charge on any atom is -0.504 e. The van der Waals surface area contributed by atoms with Crippen LogP contribution in [0.5, 0.6) is 0 Å². The van der Waals surface area contributed by atoms with E-state index in [0.29, 0.717) is 36.8 Å². The van der Waals surface area contributed by atoms with Crippen molar-refractivity contribution < 1.29 is 19.4 Å². The van der Waals surface area contributed by atoms with Gasteiger partial charge in [0.1, 0.15) is 5.57 Å². The Morgan fingerprint density at radius 1 is 0.853 bits per heavy atom. The van der Waals surface area contributed by atoms with Crippen LogP contribution in [0.3, 0.4) is 0 Å². The number of benzene rings is 3. The van der Waals surface area contributed by atoms with Gasteiger partial charge in [-0.3, -0.25) is 4.79 Å². The predicted octanol–water partition coefficient (Wildman–Crippen LogP) is 6.34. The van der Waals surface area contributed by atoms with Gasteiger partial charge in [0.25, 0.3) is 0 Å². The van der Waals surface area contributed by atoms with Crippen LogP contribution in [0.1, 0.15) is 42.9 Å². The summed E-state index contributed by atoms with van der Waals surface area (Å²) in [4.78, 5) is 27.0. The van der Waals surface area contributed by atoms with Crippen molar-refractivity contribution in [1.29, 1.82) is 0 Å². The van der Waals surface area contributed by atoms with E-state index in [1.165, 1.54) is 0 Å². The van der Waals surface area contributed by atoms with Crippen LogP contribution in [-0.4, -0.2) is 22.5 Å². The van der Waals surface area contributed by atoms with Crippen LogP contribution in [0.25, 0.3) is 11.6 Å². The van der Waals surface area contributed by atoms with Gasteiger partial charge in [0.2, 0.25) is 5.78 Å². The second kappa shape index (κ2) is 10.3. The number of Topliss-reactive ketones (excluding diaryl/α,β-unsaturated/α-hetero) is 1. The Bertz CT molecular complexity index is 1210. The molecular weight excluding hydrogens is 424 g/mol. The van der Waals surface area contributed by atoms with Crippen LogP contribution in [0, 0.1) is 0 Å². The summed E-state index contributed by atoms with van der Waals surface area (Å²) >= 11 is 0. The first-order valence-corrected chi connectivity index (χ1v) is 11.6. The van der Waals surface area contributed by atoms with Crippen molar-refractivity contribution in [2.45, 2.75) is 38.2 Å². The predicted molar refractivity (Wildman–Crippen MR) is 134 cm³/mol. The number of aliphatic hydroxyl groups is 1. The third kappa shape index (κ3) is 4.86. The average Bonchev–Trinajstić information content (AvgIpc) is 2.87. The largest absolute Gasteiger partial charge is 0.504 e. The van der Waals surface area contributed by atoms with E-state index in [0.717, 1.165) is 11.1 Å². The zero-order valence-electron chi connectivity index (χ0n) is 19.2. The minimum atomic E-state index is -1.37. The lowest BCUT2D eigenvalue weighted by Crippen LogP contribution is -2.49. The number of aryl methyl sites for hydroxylation is 1. The molecule has 3 aromatic carbocycles. The molecule has 1 aliphatic rings. The molecule has 0 spiro atoms. The van der Waals surface area contributed by atoms with Gasteiger partial charge in [0, 0.05) is 5.57 Å². The number of ketones is 1. The van der Waals surface area contributed by atoms with Gasteiger partial charge in [-0.1, -0.05) is 104 Å². The van der Waals surface area contributed by atoms with E-state index in [1.54, 1.807) is 6.08 Å². The second-order valence-corrected chi connectivity index (χ2v) is 8.51. The third-order valence-corrected chi connectivity index (χ3v) is 6.14. The Labute approximate surface area is 200 Å². The lowest BCUT2D eigenvalue weighted by atomic mass is 9.81. The normalized spacial score (nSPS) is 18.7. The Morgan fingerprint density at radius 3 is 2.06 bits per heavy atom. The molecule has 4 rings (SSSR count). The van der Waals surface area contributed by atoms with E-state index in [2.05, 4.69) is 0 Å². The Balaban J connectivity index is 1.77. The molecule has 0 aliphatic carbocycles. The summed E-state index contributed by atoms with van der Waals surface area (Å²) in [5.41, 5.74) is 1.60. The molecule has 0 radical (unpaired) electrons. The van der Waals surface area contributed by atoms with Crippen LogP contribution < -0.4 is 0 Å². The highest BCUT2D eigenvalue weighted by molar-refractivity contribution is 6.20. The van der Waals surface area contributed by atoms with Gasteiger partial charge in [-0.2, -0.15) is 0 Å². The molecule has 4 heteroatoms. The molecular formula is C30H28O4. The number of cyclic esters (lactones) is 1. The Kier molecular flexibility index (Phi) is 7.07. The molecule has 1 atom stereocenters. The van der Waals surface area contributed by atoms with Crippen molar-refractivity contribution in [3.8, 4) is 0 Å². The zero-order valence-corrected chi connectivity index (χ0v) is 19.2. The van der Waals surface area contributed by atoms with Gasteiger partial charge in [-0.05, 0) is 42.0 Å². The van der Waals surface area contributed by atoms with E-state index in [1.807, 2.05) is 97.9 Å². The van der Waals surface area contributed by atoms with Crippen LogP contribution in [-0.2, 0) is 20.7 Å². The van der Waals surface area contributed by atoms with Gasteiger partial charge < -0.3 is 9.84 Å². The fourth-order valence-corrected chi connectivity index (χ4v) is 4.42. The number of rotatable bonds is 8. The molecule has 0 bridgehead atoms. The summed E-state index contributed by atoms with van der Waals surface area (Å²) in [6, 6.07) is 28.5. The maximum atomic E-state index is 13.6. The topological polar surface area (TPSA) is 63.6 Å². The van der Waals surface area contributed by atoms with E-state index in [4.69, 9.17) is 4.74 Å². The number of hydrogen-bond acceptors (Lipinski definition) is 4. The smallest absolute Gasteiger partial charge is 0.343 e. The first-order chi connectivity index (χ1) is 16.5. The maximum Gasteiger partial charge on any atom is 0.343 e. The fraction of sp³-hybridized carbons (Fsp3) is 0.200. The van der Waals surface area contributed by atoms with Crippen LogP contribution >= 0.6 is 0 Å². The number of ether oxygens (including phenoxy) is 1. The molecule has 0 fully saturated rings. The van der Waals surface area contributed by atoms with Crippen LogP contribution in [0.15, 0.2) is 102 Å². The van der Waals surface area contributed by atoms with Gasteiger partial charge >= 0.3 is 5.97 Å². The van der Waals surface area contributed by atoms with Crippen molar-refractivity contribution in [3.63, 3.8) is 0 Å².